The molecule has 0 aromatic heterocycles. The van der Waals surface area contributed by atoms with Crippen molar-refractivity contribution >= 4 is 0 Å². The Hall–Kier alpha value is -1.07. The monoisotopic (exact) mass is 220 g/mol. The summed E-state index contributed by atoms with van der Waals surface area (Å²) in [6.45, 7) is 0. The Morgan fingerprint density at radius 1 is 1.13 bits per heavy atom. The van der Waals surface area contributed by atoms with Crippen LogP contribution in [-0.2, 0) is 15.7 Å². The average Bonchev–Trinajstić information content (AvgIpc) is 2.19. The van der Waals surface area contributed by atoms with Gasteiger partial charge in [0.05, 0.1) is 5.56 Å². The van der Waals surface area contributed by atoms with E-state index in [1.54, 1.807) is 0 Å². The van der Waals surface area contributed by atoms with Gasteiger partial charge in [-0.05, 0) is 12.1 Å². The summed E-state index contributed by atoms with van der Waals surface area (Å²) in [5, 5.41) is 0. The van der Waals surface area contributed by atoms with Crippen molar-refractivity contribution in [1.29, 1.82) is 0 Å². The van der Waals surface area contributed by atoms with Gasteiger partial charge in [-0.25, -0.2) is 0 Å². The van der Waals surface area contributed by atoms with E-state index in [1.165, 1.54) is 26.4 Å². The van der Waals surface area contributed by atoms with E-state index in [4.69, 9.17) is 9.47 Å². The van der Waals surface area contributed by atoms with Gasteiger partial charge in [0.1, 0.15) is 0 Å². The third kappa shape index (κ3) is 2.94. The fraction of sp³-hybridized carbons (Fsp3) is 0.400. The number of rotatable bonds is 3. The highest BCUT2D eigenvalue weighted by Gasteiger charge is 2.30. The summed E-state index contributed by atoms with van der Waals surface area (Å²) in [6, 6.07) is 4.86. The van der Waals surface area contributed by atoms with Crippen LogP contribution in [-0.4, -0.2) is 14.2 Å². The smallest absolute Gasteiger partial charge is 0.352 e. The van der Waals surface area contributed by atoms with Gasteiger partial charge >= 0.3 is 6.18 Å². The first-order valence-corrected chi connectivity index (χ1v) is 4.21. The minimum atomic E-state index is -4.35. The van der Waals surface area contributed by atoms with Crippen LogP contribution in [0.5, 0.6) is 0 Å². The highest BCUT2D eigenvalue weighted by atomic mass is 19.4. The van der Waals surface area contributed by atoms with Crippen LogP contribution in [0.25, 0.3) is 0 Å². The molecule has 15 heavy (non-hydrogen) atoms. The van der Waals surface area contributed by atoms with Crippen LogP contribution in [0.3, 0.4) is 0 Å². The molecule has 84 valence electrons. The molecule has 0 spiro atoms. The predicted molar refractivity (Wildman–Crippen MR) is 48.2 cm³/mol. The SMILES string of the molecule is COC(OC)c1cccc(C(F)(F)F)c1. The maximum absolute atomic E-state index is 12.4. The minimum absolute atomic E-state index is 0.342. The lowest BCUT2D eigenvalue weighted by molar-refractivity contribution is -0.138. The number of benzene rings is 1. The molecule has 0 aliphatic heterocycles. The number of ether oxygens (including phenoxy) is 2. The van der Waals surface area contributed by atoms with Gasteiger partial charge in [-0.3, -0.25) is 0 Å². The van der Waals surface area contributed by atoms with E-state index < -0.39 is 18.0 Å². The molecule has 0 aliphatic rings. The molecule has 0 saturated carbocycles. The molecule has 1 rings (SSSR count). The second kappa shape index (κ2) is 4.63. The molecule has 0 radical (unpaired) electrons. The van der Waals surface area contributed by atoms with Crippen molar-refractivity contribution in [1.82, 2.24) is 0 Å². The maximum Gasteiger partial charge on any atom is 0.416 e. The van der Waals surface area contributed by atoms with E-state index in [9.17, 15) is 13.2 Å². The molecular formula is C10H11F3O2. The normalized spacial score (nSPS) is 12.1. The Balaban J connectivity index is 3.02. The molecule has 2 nitrogen and oxygen atoms in total. The minimum Gasteiger partial charge on any atom is -0.352 e. The average molecular weight is 220 g/mol. The number of hydrogen-bond donors (Lipinski definition) is 0. The van der Waals surface area contributed by atoms with Crippen LogP contribution in [0.2, 0.25) is 0 Å². The molecular weight excluding hydrogens is 209 g/mol. The van der Waals surface area contributed by atoms with Gasteiger partial charge < -0.3 is 9.47 Å². The molecule has 5 heteroatoms. The van der Waals surface area contributed by atoms with Crippen molar-refractivity contribution in [2.24, 2.45) is 0 Å². The summed E-state index contributed by atoms with van der Waals surface area (Å²) in [5.74, 6) is 0. The van der Waals surface area contributed by atoms with Gasteiger partial charge in [0.25, 0.3) is 0 Å². The fourth-order valence-corrected chi connectivity index (χ4v) is 1.23. The van der Waals surface area contributed by atoms with Crippen molar-refractivity contribution in [2.75, 3.05) is 14.2 Å². The fourth-order valence-electron chi connectivity index (χ4n) is 1.23. The van der Waals surface area contributed by atoms with Crippen molar-refractivity contribution in [2.45, 2.75) is 12.5 Å². The number of hydrogen-bond acceptors (Lipinski definition) is 2. The molecule has 0 amide bonds. The van der Waals surface area contributed by atoms with E-state index in [0.29, 0.717) is 5.56 Å². The Bertz CT molecular complexity index is 319. The van der Waals surface area contributed by atoms with Crippen molar-refractivity contribution in [3.8, 4) is 0 Å². The molecule has 1 aromatic carbocycles. The van der Waals surface area contributed by atoms with Crippen LogP contribution >= 0.6 is 0 Å². The first-order chi connectivity index (χ1) is 6.99. The third-order valence-corrected chi connectivity index (χ3v) is 1.91. The van der Waals surface area contributed by atoms with Gasteiger partial charge in [-0.1, -0.05) is 12.1 Å². The Morgan fingerprint density at radius 2 is 1.73 bits per heavy atom. The standard InChI is InChI=1S/C10H11F3O2/c1-14-9(15-2)7-4-3-5-8(6-7)10(11,12)13/h3-6,9H,1-2H3. The van der Waals surface area contributed by atoms with E-state index in [-0.39, 0.29) is 0 Å². The molecule has 0 bridgehead atoms. The molecule has 0 saturated heterocycles. The summed E-state index contributed by atoms with van der Waals surface area (Å²) in [5.41, 5.74) is -0.367. The van der Waals surface area contributed by atoms with Gasteiger partial charge in [0.15, 0.2) is 6.29 Å². The molecule has 0 unspecified atom stereocenters. The van der Waals surface area contributed by atoms with E-state index in [1.807, 2.05) is 0 Å². The Labute approximate surface area is 85.6 Å². The van der Waals surface area contributed by atoms with Crippen LogP contribution in [0, 0.1) is 0 Å². The first kappa shape index (κ1) is 12.0. The van der Waals surface area contributed by atoms with Crippen molar-refractivity contribution < 1.29 is 22.6 Å². The van der Waals surface area contributed by atoms with Crippen molar-refractivity contribution in [3.63, 3.8) is 0 Å². The second-order valence-electron chi connectivity index (χ2n) is 2.93. The lowest BCUT2D eigenvalue weighted by Crippen LogP contribution is -2.08. The quantitative estimate of drug-likeness (QED) is 0.729. The van der Waals surface area contributed by atoms with Gasteiger partial charge in [0, 0.05) is 19.8 Å². The van der Waals surface area contributed by atoms with Gasteiger partial charge in [-0.15, -0.1) is 0 Å². The lowest BCUT2D eigenvalue weighted by Gasteiger charge is -2.15. The Kier molecular flexibility index (Phi) is 3.71. The second-order valence-corrected chi connectivity index (χ2v) is 2.93. The summed E-state index contributed by atoms with van der Waals surface area (Å²) < 4.78 is 46.8. The summed E-state index contributed by atoms with van der Waals surface area (Å²) >= 11 is 0. The molecule has 1 aromatic rings. The number of methoxy groups -OCH3 is 2. The molecule has 0 fully saturated rings. The summed E-state index contributed by atoms with van der Waals surface area (Å²) in [6.07, 6.45) is -5.12. The van der Waals surface area contributed by atoms with Crippen molar-refractivity contribution in [3.05, 3.63) is 35.4 Å². The highest BCUT2D eigenvalue weighted by Crippen LogP contribution is 2.31. The summed E-state index contributed by atoms with van der Waals surface area (Å²) in [4.78, 5) is 0. The van der Waals surface area contributed by atoms with Crippen LogP contribution in [0.4, 0.5) is 13.2 Å². The zero-order valence-corrected chi connectivity index (χ0v) is 8.34. The highest BCUT2D eigenvalue weighted by molar-refractivity contribution is 5.26. The van der Waals surface area contributed by atoms with Gasteiger partial charge in [-0.2, -0.15) is 13.2 Å². The molecule has 0 atom stereocenters. The largest absolute Gasteiger partial charge is 0.416 e. The van der Waals surface area contributed by atoms with E-state index >= 15 is 0 Å². The van der Waals surface area contributed by atoms with E-state index in [0.717, 1.165) is 12.1 Å². The summed E-state index contributed by atoms with van der Waals surface area (Å²) in [7, 11) is 2.74. The topological polar surface area (TPSA) is 18.5 Å². The molecule has 0 N–H and O–H groups in total. The van der Waals surface area contributed by atoms with Gasteiger partial charge in [0.2, 0.25) is 0 Å². The molecule has 0 aliphatic carbocycles. The number of halogens is 3. The van der Waals surface area contributed by atoms with Crippen LogP contribution < -0.4 is 0 Å². The van der Waals surface area contributed by atoms with E-state index in [2.05, 4.69) is 0 Å². The zero-order chi connectivity index (χ0) is 11.5. The van der Waals surface area contributed by atoms with Crippen LogP contribution in [0.15, 0.2) is 24.3 Å². The predicted octanol–water partition coefficient (Wildman–Crippen LogP) is 3.00. The lowest BCUT2D eigenvalue weighted by atomic mass is 10.1. The number of alkyl halides is 3. The first-order valence-electron chi connectivity index (χ1n) is 4.21. The Morgan fingerprint density at radius 3 is 2.20 bits per heavy atom. The zero-order valence-electron chi connectivity index (χ0n) is 8.34. The molecule has 0 heterocycles. The third-order valence-electron chi connectivity index (χ3n) is 1.91. The van der Waals surface area contributed by atoms with Crippen LogP contribution in [0.1, 0.15) is 17.4 Å². The maximum atomic E-state index is 12.4.